The van der Waals surface area contributed by atoms with E-state index in [1.165, 1.54) is 0 Å². The molecular weight excluding hydrogens is 264 g/mol. The Morgan fingerprint density at radius 1 is 1.14 bits per heavy atom. The number of aromatic nitrogens is 3. The minimum absolute atomic E-state index is 0.00103. The van der Waals surface area contributed by atoms with Crippen LogP contribution in [0.5, 0.6) is 0 Å². The lowest BCUT2D eigenvalue weighted by molar-refractivity contribution is -0.121. The van der Waals surface area contributed by atoms with Gasteiger partial charge in [-0.05, 0) is 30.7 Å². The van der Waals surface area contributed by atoms with Gasteiger partial charge < -0.3 is 10.3 Å². The summed E-state index contributed by atoms with van der Waals surface area (Å²) in [7, 11) is 0. The van der Waals surface area contributed by atoms with Crippen LogP contribution in [0.2, 0.25) is 0 Å². The Morgan fingerprint density at radius 3 is 2.81 bits per heavy atom. The van der Waals surface area contributed by atoms with Crippen molar-refractivity contribution in [2.24, 2.45) is 0 Å². The third-order valence-corrected chi connectivity index (χ3v) is 3.23. The van der Waals surface area contributed by atoms with Crippen LogP contribution in [0.15, 0.2) is 48.7 Å². The normalized spacial score (nSPS) is 10.7. The third kappa shape index (κ3) is 3.45. The number of fused-ring (bicyclic) bond motifs is 1. The van der Waals surface area contributed by atoms with Crippen molar-refractivity contribution in [1.29, 1.82) is 0 Å². The van der Waals surface area contributed by atoms with Crippen LogP contribution in [0, 0.1) is 0 Å². The first-order chi connectivity index (χ1) is 10.3. The van der Waals surface area contributed by atoms with E-state index in [-0.39, 0.29) is 5.91 Å². The fraction of sp³-hybridized carbons (Fsp3) is 0.188. The number of hydrogen-bond acceptors (Lipinski definition) is 3. The zero-order valence-electron chi connectivity index (χ0n) is 11.5. The molecule has 0 fully saturated rings. The maximum atomic E-state index is 11.8. The molecule has 0 aliphatic heterocycles. The summed E-state index contributed by atoms with van der Waals surface area (Å²) in [6.07, 6.45) is 2.81. The van der Waals surface area contributed by atoms with Gasteiger partial charge in [-0.3, -0.25) is 9.78 Å². The van der Waals surface area contributed by atoms with E-state index >= 15 is 0 Å². The maximum Gasteiger partial charge on any atom is 0.220 e. The van der Waals surface area contributed by atoms with E-state index in [1.54, 1.807) is 6.20 Å². The summed E-state index contributed by atoms with van der Waals surface area (Å²) in [4.78, 5) is 23.6. The van der Waals surface area contributed by atoms with E-state index in [1.807, 2.05) is 42.5 Å². The smallest absolute Gasteiger partial charge is 0.220 e. The number of nitrogens with one attached hydrogen (secondary N) is 2. The molecule has 0 unspecified atom stereocenters. The Morgan fingerprint density at radius 2 is 2.00 bits per heavy atom. The Kier molecular flexibility index (Phi) is 3.91. The van der Waals surface area contributed by atoms with E-state index in [2.05, 4.69) is 20.3 Å². The molecule has 0 saturated carbocycles. The van der Waals surface area contributed by atoms with Crippen LogP contribution in [-0.2, 0) is 17.8 Å². The fourth-order valence-electron chi connectivity index (χ4n) is 2.15. The molecule has 21 heavy (non-hydrogen) atoms. The second-order valence-corrected chi connectivity index (χ2v) is 4.80. The molecule has 5 heteroatoms. The molecule has 0 spiro atoms. The fourth-order valence-corrected chi connectivity index (χ4v) is 2.15. The lowest BCUT2D eigenvalue weighted by Gasteiger charge is -2.03. The number of nitrogens with zero attached hydrogens (tertiary/aromatic N) is 2. The molecule has 3 rings (SSSR count). The quantitative estimate of drug-likeness (QED) is 0.752. The molecule has 2 heterocycles. The van der Waals surface area contributed by atoms with Gasteiger partial charge in [0, 0.05) is 18.3 Å². The topological polar surface area (TPSA) is 70.7 Å². The highest BCUT2D eigenvalue weighted by molar-refractivity contribution is 5.77. The number of carbonyl (C=O) groups excluding carboxylic acids is 1. The van der Waals surface area contributed by atoms with Crippen LogP contribution < -0.4 is 5.32 Å². The third-order valence-electron chi connectivity index (χ3n) is 3.23. The molecule has 1 amide bonds. The number of para-hydroxylation sites is 2. The summed E-state index contributed by atoms with van der Waals surface area (Å²) in [5.74, 6) is 0.767. The number of hydrogen-bond donors (Lipinski definition) is 2. The zero-order chi connectivity index (χ0) is 14.5. The van der Waals surface area contributed by atoms with Gasteiger partial charge in [-0.2, -0.15) is 0 Å². The molecular formula is C16H16N4O. The van der Waals surface area contributed by atoms with Gasteiger partial charge in [0.05, 0.1) is 17.6 Å². The lowest BCUT2D eigenvalue weighted by Crippen LogP contribution is -2.23. The zero-order valence-corrected chi connectivity index (χ0v) is 11.5. The second-order valence-electron chi connectivity index (χ2n) is 4.80. The van der Waals surface area contributed by atoms with E-state index in [9.17, 15) is 4.79 Å². The van der Waals surface area contributed by atoms with Gasteiger partial charge in [-0.25, -0.2) is 4.98 Å². The van der Waals surface area contributed by atoms with E-state index < -0.39 is 0 Å². The number of aryl methyl sites for hydroxylation is 1. The first kappa shape index (κ1) is 13.3. The minimum atomic E-state index is 0.00103. The molecule has 5 nitrogen and oxygen atoms in total. The predicted octanol–water partition coefficient (Wildman–Crippen LogP) is 2.21. The molecule has 0 aliphatic rings. The molecule has 2 aromatic heterocycles. The average molecular weight is 280 g/mol. The van der Waals surface area contributed by atoms with Crippen LogP contribution in [-0.4, -0.2) is 20.9 Å². The predicted molar refractivity (Wildman–Crippen MR) is 80.5 cm³/mol. The average Bonchev–Trinajstić information content (AvgIpc) is 2.95. The van der Waals surface area contributed by atoms with Crippen LogP contribution in [0.1, 0.15) is 17.9 Å². The van der Waals surface area contributed by atoms with Gasteiger partial charge in [0.1, 0.15) is 5.82 Å². The summed E-state index contributed by atoms with van der Waals surface area (Å²) in [5.41, 5.74) is 2.82. The molecule has 0 aliphatic carbocycles. The van der Waals surface area contributed by atoms with E-state index in [0.717, 1.165) is 22.6 Å². The minimum Gasteiger partial charge on any atom is -0.349 e. The highest BCUT2D eigenvalue weighted by Crippen LogP contribution is 2.09. The van der Waals surface area contributed by atoms with Crippen molar-refractivity contribution in [3.8, 4) is 0 Å². The second kappa shape index (κ2) is 6.17. The molecule has 2 N–H and O–H groups in total. The summed E-state index contributed by atoms with van der Waals surface area (Å²) in [6, 6.07) is 13.5. The number of H-pyrrole nitrogens is 1. The van der Waals surface area contributed by atoms with Crippen molar-refractivity contribution in [2.75, 3.05) is 0 Å². The highest BCUT2D eigenvalue weighted by atomic mass is 16.1. The number of amides is 1. The Hall–Kier alpha value is -2.69. The Labute approximate surface area is 122 Å². The SMILES string of the molecule is O=C(CCc1ccccn1)NCc1nc2ccccc2[nH]1. The van der Waals surface area contributed by atoms with Gasteiger partial charge in [-0.1, -0.05) is 18.2 Å². The maximum absolute atomic E-state index is 11.8. The van der Waals surface area contributed by atoms with E-state index in [4.69, 9.17) is 0 Å². The van der Waals surface area contributed by atoms with Crippen molar-refractivity contribution >= 4 is 16.9 Å². The van der Waals surface area contributed by atoms with Gasteiger partial charge >= 0.3 is 0 Å². The largest absolute Gasteiger partial charge is 0.349 e. The molecule has 1 aromatic carbocycles. The molecule has 0 atom stereocenters. The number of imidazole rings is 1. The molecule has 0 bridgehead atoms. The first-order valence-electron chi connectivity index (χ1n) is 6.91. The number of carbonyl (C=O) groups is 1. The number of pyridine rings is 1. The van der Waals surface area contributed by atoms with Crippen molar-refractivity contribution < 1.29 is 4.79 Å². The monoisotopic (exact) mass is 280 g/mol. The van der Waals surface area contributed by atoms with Crippen molar-refractivity contribution in [3.05, 3.63) is 60.2 Å². The van der Waals surface area contributed by atoms with Crippen LogP contribution >= 0.6 is 0 Å². The number of rotatable bonds is 5. The summed E-state index contributed by atoms with van der Waals surface area (Å²) in [6.45, 7) is 0.412. The molecule has 106 valence electrons. The lowest BCUT2D eigenvalue weighted by atomic mass is 10.2. The first-order valence-corrected chi connectivity index (χ1v) is 6.91. The van der Waals surface area contributed by atoms with E-state index in [0.29, 0.717) is 19.4 Å². The van der Waals surface area contributed by atoms with Crippen molar-refractivity contribution in [2.45, 2.75) is 19.4 Å². The van der Waals surface area contributed by atoms with Gasteiger partial charge in [0.25, 0.3) is 0 Å². The Bertz CT molecular complexity index is 703. The van der Waals surface area contributed by atoms with Gasteiger partial charge in [0.2, 0.25) is 5.91 Å². The van der Waals surface area contributed by atoms with Gasteiger partial charge in [0.15, 0.2) is 0 Å². The Balaban J connectivity index is 1.51. The molecule has 0 saturated heterocycles. The van der Waals surface area contributed by atoms with Crippen molar-refractivity contribution in [3.63, 3.8) is 0 Å². The van der Waals surface area contributed by atoms with Gasteiger partial charge in [-0.15, -0.1) is 0 Å². The summed E-state index contributed by atoms with van der Waals surface area (Å²) in [5, 5.41) is 2.87. The molecule has 3 aromatic rings. The van der Waals surface area contributed by atoms with Crippen LogP contribution in [0.4, 0.5) is 0 Å². The van der Waals surface area contributed by atoms with Crippen molar-refractivity contribution in [1.82, 2.24) is 20.3 Å². The van der Waals surface area contributed by atoms with Crippen LogP contribution in [0.3, 0.4) is 0 Å². The number of benzene rings is 1. The summed E-state index contributed by atoms with van der Waals surface area (Å²) < 4.78 is 0. The standard InChI is InChI=1S/C16H16N4O/c21-16(9-8-12-5-3-4-10-17-12)18-11-15-19-13-6-1-2-7-14(13)20-15/h1-7,10H,8-9,11H2,(H,18,21)(H,19,20). The van der Waals surface area contributed by atoms with Crippen LogP contribution in [0.25, 0.3) is 11.0 Å². The molecule has 0 radical (unpaired) electrons. The highest BCUT2D eigenvalue weighted by Gasteiger charge is 2.05. The number of aromatic amines is 1. The summed E-state index contributed by atoms with van der Waals surface area (Å²) >= 11 is 0.